The molecule has 2 N–H and O–H groups in total. The van der Waals surface area contributed by atoms with Crippen molar-refractivity contribution >= 4 is 11.8 Å². The number of nitrogens with zero attached hydrogens (tertiary/aromatic N) is 2. The Kier molecular flexibility index (Phi) is 7.21. The van der Waals surface area contributed by atoms with Gasteiger partial charge in [-0.15, -0.1) is 0 Å². The SMILES string of the molecule is [CH2]C(CCCCCC)C(=O)O[C@]12CC[C@@H](CN1)C[C@H]2Nc1cnc(C(F)(F)F)cn1. The third-order valence-electron chi connectivity index (χ3n) is 6.03. The molecule has 30 heavy (non-hydrogen) atoms. The number of hydrogen-bond donors (Lipinski definition) is 2. The molecule has 9 heteroatoms. The van der Waals surface area contributed by atoms with Gasteiger partial charge in [-0.25, -0.2) is 9.97 Å². The number of aromatic nitrogens is 2. The fourth-order valence-corrected chi connectivity index (χ4v) is 4.21. The van der Waals surface area contributed by atoms with Gasteiger partial charge in [-0.2, -0.15) is 13.2 Å². The minimum Gasteiger partial charge on any atom is -0.441 e. The quantitative estimate of drug-likeness (QED) is 0.451. The molecule has 2 aliphatic heterocycles. The number of rotatable bonds is 9. The highest BCUT2D eigenvalue weighted by atomic mass is 19.4. The van der Waals surface area contributed by atoms with E-state index in [0.717, 1.165) is 51.3 Å². The van der Waals surface area contributed by atoms with E-state index in [1.165, 1.54) is 0 Å². The van der Waals surface area contributed by atoms with Crippen LogP contribution in [0.25, 0.3) is 0 Å². The van der Waals surface area contributed by atoms with Crippen LogP contribution in [0.1, 0.15) is 64.0 Å². The largest absolute Gasteiger partial charge is 0.441 e. The topological polar surface area (TPSA) is 76.1 Å². The first-order chi connectivity index (χ1) is 14.2. The molecular weight excluding hydrogens is 397 g/mol. The number of nitrogens with one attached hydrogen (secondary N) is 2. The summed E-state index contributed by atoms with van der Waals surface area (Å²) in [6.07, 6.45) is 4.48. The van der Waals surface area contributed by atoms with Gasteiger partial charge in [0.15, 0.2) is 11.4 Å². The smallest absolute Gasteiger partial charge is 0.434 e. The molecule has 1 aliphatic carbocycles. The molecule has 1 saturated carbocycles. The second-order valence-corrected chi connectivity index (χ2v) is 8.36. The van der Waals surface area contributed by atoms with Gasteiger partial charge in [0.25, 0.3) is 0 Å². The van der Waals surface area contributed by atoms with Gasteiger partial charge < -0.3 is 10.1 Å². The minimum absolute atomic E-state index is 0.225. The van der Waals surface area contributed by atoms with Crippen molar-refractivity contribution in [1.82, 2.24) is 15.3 Å². The van der Waals surface area contributed by atoms with Gasteiger partial charge in [-0.3, -0.25) is 10.1 Å². The third-order valence-corrected chi connectivity index (χ3v) is 6.03. The summed E-state index contributed by atoms with van der Waals surface area (Å²) in [4.78, 5) is 20.0. The number of anilines is 1. The zero-order chi connectivity index (χ0) is 21.8. The number of carbonyl (C=O) groups is 1. The standard InChI is InChI=1S/C21H30F3N4O2/c1-3-4-5-6-7-14(2)19(29)30-20-9-8-15(11-27-20)10-16(20)28-18-13-25-17(12-26-18)21(22,23)24/h12-16,27H,2-11H2,1H3,(H,26,28)/t14?,15-,16-,20+/m1/s1. The van der Waals surface area contributed by atoms with Crippen LogP contribution in [-0.4, -0.2) is 34.2 Å². The first kappa shape index (κ1) is 22.8. The van der Waals surface area contributed by atoms with Crippen LogP contribution in [0.15, 0.2) is 12.4 Å². The van der Waals surface area contributed by atoms with Crippen LogP contribution >= 0.6 is 0 Å². The number of unbranched alkanes of at least 4 members (excludes halogenated alkanes) is 3. The molecule has 0 amide bonds. The lowest BCUT2D eigenvalue weighted by Crippen LogP contribution is -2.68. The molecule has 1 aromatic heterocycles. The Bertz CT molecular complexity index is 703. The van der Waals surface area contributed by atoms with Gasteiger partial charge in [0.2, 0.25) is 0 Å². The maximum absolute atomic E-state index is 12.7. The second kappa shape index (κ2) is 9.49. The molecule has 0 aromatic carbocycles. The van der Waals surface area contributed by atoms with Gasteiger partial charge in [0, 0.05) is 13.0 Å². The molecule has 1 radical (unpaired) electrons. The van der Waals surface area contributed by atoms with Crippen molar-refractivity contribution in [2.45, 2.75) is 76.2 Å². The van der Waals surface area contributed by atoms with Crippen molar-refractivity contribution in [2.24, 2.45) is 11.8 Å². The Morgan fingerprint density at radius 1 is 1.37 bits per heavy atom. The van der Waals surface area contributed by atoms with Crippen molar-refractivity contribution in [3.8, 4) is 0 Å². The van der Waals surface area contributed by atoms with Crippen LogP contribution in [-0.2, 0) is 15.7 Å². The molecule has 3 aliphatic rings. The molecule has 1 aromatic rings. The Morgan fingerprint density at radius 3 is 2.77 bits per heavy atom. The molecule has 6 nitrogen and oxygen atoms in total. The average molecular weight is 427 g/mol. The molecule has 2 saturated heterocycles. The van der Waals surface area contributed by atoms with E-state index in [0.29, 0.717) is 25.0 Å². The minimum atomic E-state index is -4.53. The number of carbonyl (C=O) groups excluding carboxylic acids is 1. The average Bonchev–Trinajstić information content (AvgIpc) is 2.72. The molecule has 167 valence electrons. The van der Waals surface area contributed by atoms with Crippen molar-refractivity contribution < 1.29 is 22.7 Å². The predicted molar refractivity (Wildman–Crippen MR) is 106 cm³/mol. The van der Waals surface area contributed by atoms with E-state index in [9.17, 15) is 18.0 Å². The van der Waals surface area contributed by atoms with Crippen molar-refractivity contribution in [3.05, 3.63) is 25.0 Å². The molecular formula is C21H30F3N4O2. The highest BCUT2D eigenvalue weighted by Gasteiger charge is 2.51. The zero-order valence-electron chi connectivity index (χ0n) is 17.3. The summed E-state index contributed by atoms with van der Waals surface area (Å²) in [6, 6.07) is -0.299. The van der Waals surface area contributed by atoms with Crippen molar-refractivity contribution in [1.29, 1.82) is 0 Å². The van der Waals surface area contributed by atoms with Crippen molar-refractivity contribution in [3.63, 3.8) is 0 Å². The van der Waals surface area contributed by atoms with Crippen LogP contribution in [0.5, 0.6) is 0 Å². The van der Waals surface area contributed by atoms with E-state index in [4.69, 9.17) is 4.74 Å². The molecule has 0 spiro atoms. The Morgan fingerprint density at radius 2 is 2.17 bits per heavy atom. The monoisotopic (exact) mass is 427 g/mol. The maximum Gasteiger partial charge on any atom is 0.434 e. The summed E-state index contributed by atoms with van der Waals surface area (Å²) in [7, 11) is 0. The first-order valence-corrected chi connectivity index (χ1v) is 10.7. The molecule has 4 atom stereocenters. The Balaban J connectivity index is 1.64. The Labute approximate surface area is 175 Å². The molecule has 3 heterocycles. The summed E-state index contributed by atoms with van der Waals surface area (Å²) in [6.45, 7) is 6.84. The van der Waals surface area contributed by atoms with Crippen LogP contribution in [0.4, 0.5) is 19.0 Å². The zero-order valence-corrected chi connectivity index (χ0v) is 17.3. The fraction of sp³-hybridized carbons (Fsp3) is 0.714. The number of halogens is 3. The van der Waals surface area contributed by atoms with Gasteiger partial charge in [-0.1, -0.05) is 32.6 Å². The highest BCUT2D eigenvalue weighted by molar-refractivity contribution is 5.73. The van der Waals surface area contributed by atoms with Crippen LogP contribution in [0.3, 0.4) is 0 Å². The number of ether oxygens (including phenoxy) is 1. The summed E-state index contributed by atoms with van der Waals surface area (Å²) in [5, 5.41) is 6.47. The van der Waals surface area contributed by atoms with E-state index in [2.05, 4.69) is 34.4 Å². The fourth-order valence-electron chi connectivity index (χ4n) is 4.21. The van der Waals surface area contributed by atoms with Crippen molar-refractivity contribution in [2.75, 3.05) is 11.9 Å². The molecule has 1 unspecified atom stereocenters. The lowest BCUT2D eigenvalue weighted by molar-refractivity contribution is -0.181. The van der Waals surface area contributed by atoms with Gasteiger partial charge >= 0.3 is 12.1 Å². The lowest BCUT2D eigenvalue weighted by atomic mass is 9.75. The number of piperidine rings is 2. The van der Waals surface area contributed by atoms with Crippen LogP contribution in [0, 0.1) is 18.8 Å². The van der Waals surface area contributed by atoms with Gasteiger partial charge in [-0.05, 0) is 32.1 Å². The van der Waals surface area contributed by atoms with E-state index < -0.39 is 23.5 Å². The molecule has 4 rings (SSSR count). The van der Waals surface area contributed by atoms with E-state index in [-0.39, 0.29) is 17.8 Å². The second-order valence-electron chi connectivity index (χ2n) is 8.36. The van der Waals surface area contributed by atoms with E-state index in [1.807, 2.05) is 0 Å². The summed E-state index contributed by atoms with van der Waals surface area (Å²) in [5.74, 6) is -0.146. The van der Waals surface area contributed by atoms with Gasteiger partial charge in [0.1, 0.15) is 5.82 Å². The number of alkyl halides is 3. The van der Waals surface area contributed by atoms with E-state index >= 15 is 0 Å². The number of esters is 1. The number of fused-ring (bicyclic) bond motifs is 3. The molecule has 3 fully saturated rings. The normalized spacial score (nSPS) is 27.0. The van der Waals surface area contributed by atoms with Crippen LogP contribution < -0.4 is 10.6 Å². The lowest BCUT2D eigenvalue weighted by Gasteiger charge is -2.52. The number of hydrogen-bond acceptors (Lipinski definition) is 6. The molecule has 2 bridgehead atoms. The highest BCUT2D eigenvalue weighted by Crippen LogP contribution is 2.40. The third kappa shape index (κ3) is 5.42. The predicted octanol–water partition coefficient (Wildman–Crippen LogP) is 4.34. The summed E-state index contributed by atoms with van der Waals surface area (Å²) in [5.41, 5.74) is -1.95. The summed E-state index contributed by atoms with van der Waals surface area (Å²) >= 11 is 0. The van der Waals surface area contributed by atoms with Gasteiger partial charge in [0.05, 0.1) is 24.4 Å². The first-order valence-electron chi connectivity index (χ1n) is 10.7. The van der Waals surface area contributed by atoms with Crippen LogP contribution in [0.2, 0.25) is 0 Å². The Hall–Kier alpha value is -1.90. The van der Waals surface area contributed by atoms with E-state index in [1.54, 1.807) is 0 Å². The maximum atomic E-state index is 12.7. The summed E-state index contributed by atoms with van der Waals surface area (Å²) < 4.78 is 44.1.